The summed E-state index contributed by atoms with van der Waals surface area (Å²) in [4.78, 5) is 40.0. The van der Waals surface area contributed by atoms with E-state index in [1.165, 1.54) is 22.3 Å². The lowest BCUT2D eigenvalue weighted by atomic mass is 9.91. The number of aromatic hydroxyl groups is 1. The van der Waals surface area contributed by atoms with E-state index >= 15 is 0 Å². The Morgan fingerprint density at radius 3 is 2.34 bits per heavy atom. The van der Waals surface area contributed by atoms with Gasteiger partial charge in [0, 0.05) is 33.3 Å². The summed E-state index contributed by atoms with van der Waals surface area (Å²) in [7, 11) is 7.81. The molecule has 0 saturated heterocycles. The molecule has 1 atom stereocenters. The van der Waals surface area contributed by atoms with E-state index in [9.17, 15) is 19.5 Å². The number of aryl methyl sites for hydroxylation is 2. The zero-order valence-electron chi connectivity index (χ0n) is 23.7. The van der Waals surface area contributed by atoms with Crippen molar-refractivity contribution in [2.45, 2.75) is 31.8 Å². The van der Waals surface area contributed by atoms with Gasteiger partial charge in [0.2, 0.25) is 11.2 Å². The van der Waals surface area contributed by atoms with Gasteiger partial charge in [0.25, 0.3) is 0 Å². The molecule has 0 fully saturated rings. The number of rotatable bonds is 8. The van der Waals surface area contributed by atoms with Gasteiger partial charge in [0.15, 0.2) is 17.3 Å². The van der Waals surface area contributed by atoms with Gasteiger partial charge in [0.05, 0.1) is 51.2 Å². The van der Waals surface area contributed by atoms with Gasteiger partial charge in [-0.25, -0.2) is 4.79 Å². The van der Waals surface area contributed by atoms with Crippen molar-refractivity contribution < 1.29 is 28.5 Å². The first kappa shape index (κ1) is 28.0. The molecule has 0 aliphatic carbocycles. The number of methoxy groups -OCH3 is 3. The summed E-state index contributed by atoms with van der Waals surface area (Å²) in [5.74, 6) is -0.276. The topological polar surface area (TPSA) is 125 Å². The van der Waals surface area contributed by atoms with Crippen molar-refractivity contribution in [3.63, 3.8) is 0 Å². The maximum Gasteiger partial charge on any atom is 0.328 e. The second-order valence-electron chi connectivity index (χ2n) is 10.2. The lowest BCUT2D eigenvalue weighted by molar-refractivity contribution is -0.140. The molecule has 2 aromatic carbocycles. The molecule has 11 heteroatoms. The van der Waals surface area contributed by atoms with Gasteiger partial charge in [-0.2, -0.15) is 0 Å². The van der Waals surface area contributed by atoms with E-state index in [2.05, 4.69) is 4.90 Å². The Balaban J connectivity index is 1.51. The lowest BCUT2D eigenvalue weighted by Gasteiger charge is -2.29. The molecule has 0 radical (unpaired) electrons. The summed E-state index contributed by atoms with van der Waals surface area (Å²) in [6.45, 7) is 1.63. The van der Waals surface area contributed by atoms with Crippen LogP contribution in [0.2, 0.25) is 0 Å². The van der Waals surface area contributed by atoms with Gasteiger partial charge in [-0.15, -0.1) is 0 Å². The molecule has 1 aliphatic heterocycles. The molecule has 3 heterocycles. The van der Waals surface area contributed by atoms with E-state index in [1.54, 1.807) is 46.5 Å². The van der Waals surface area contributed by atoms with Crippen LogP contribution in [0, 0.1) is 0 Å². The highest BCUT2D eigenvalue weighted by atomic mass is 16.5. The van der Waals surface area contributed by atoms with Gasteiger partial charge >= 0.3 is 11.7 Å². The van der Waals surface area contributed by atoms with E-state index in [4.69, 9.17) is 18.6 Å². The van der Waals surface area contributed by atoms with Crippen molar-refractivity contribution in [3.05, 3.63) is 85.3 Å². The summed E-state index contributed by atoms with van der Waals surface area (Å²) in [6, 6.07) is 10.5. The molecule has 1 aliphatic rings. The number of esters is 1. The van der Waals surface area contributed by atoms with Crippen LogP contribution in [0.3, 0.4) is 0 Å². The Bertz CT molecular complexity index is 1750. The van der Waals surface area contributed by atoms with Crippen molar-refractivity contribution in [1.29, 1.82) is 0 Å². The fourth-order valence-electron chi connectivity index (χ4n) is 5.52. The van der Waals surface area contributed by atoms with Gasteiger partial charge in [-0.1, -0.05) is 6.07 Å². The molecule has 0 amide bonds. The first-order chi connectivity index (χ1) is 19.6. The van der Waals surface area contributed by atoms with Gasteiger partial charge in [-0.3, -0.25) is 23.6 Å². The average molecular weight is 564 g/mol. The summed E-state index contributed by atoms with van der Waals surface area (Å²) in [6.07, 6.45) is 0.590. The van der Waals surface area contributed by atoms with Crippen LogP contribution in [-0.4, -0.2) is 53.0 Å². The van der Waals surface area contributed by atoms with Crippen LogP contribution in [0.4, 0.5) is 0 Å². The highest BCUT2D eigenvalue weighted by Gasteiger charge is 2.28. The molecular weight excluding hydrogens is 530 g/mol. The molecule has 5 rings (SSSR count). The lowest BCUT2D eigenvalue weighted by Crippen LogP contribution is -2.30. The van der Waals surface area contributed by atoms with Crippen molar-refractivity contribution in [3.8, 4) is 17.2 Å². The third-order valence-electron chi connectivity index (χ3n) is 7.79. The van der Waals surface area contributed by atoms with Crippen molar-refractivity contribution in [2.75, 3.05) is 27.9 Å². The summed E-state index contributed by atoms with van der Waals surface area (Å²) in [5, 5.41) is 10.8. The van der Waals surface area contributed by atoms with E-state index in [-0.39, 0.29) is 17.9 Å². The largest absolute Gasteiger partial charge is 0.502 e. The molecule has 1 unspecified atom stereocenters. The minimum absolute atomic E-state index is 0.0259. The highest BCUT2D eigenvalue weighted by molar-refractivity contribution is 5.78. The van der Waals surface area contributed by atoms with Crippen LogP contribution in [0.1, 0.15) is 40.5 Å². The Labute approximate surface area is 236 Å². The zero-order chi connectivity index (χ0) is 29.4. The van der Waals surface area contributed by atoms with Crippen LogP contribution < -0.4 is 20.6 Å². The number of hydrogen-bond acceptors (Lipinski definition) is 9. The molecule has 216 valence electrons. The summed E-state index contributed by atoms with van der Waals surface area (Å²) < 4.78 is 25.0. The number of carbonyl (C=O) groups is 1. The van der Waals surface area contributed by atoms with Gasteiger partial charge < -0.3 is 23.7 Å². The molecule has 41 heavy (non-hydrogen) atoms. The van der Waals surface area contributed by atoms with Crippen molar-refractivity contribution >= 4 is 17.0 Å². The van der Waals surface area contributed by atoms with E-state index in [0.29, 0.717) is 53.5 Å². The number of benzene rings is 2. The number of imidazole rings is 1. The summed E-state index contributed by atoms with van der Waals surface area (Å²) >= 11 is 0. The SMILES string of the molecule is COC(=O)CC(c1ccc2c(c1)n(C)c(=O)n2C)c1oc(CN2CCc3cc(OC)c(OC)cc3C2)cc(=O)c1O. The minimum atomic E-state index is -0.825. The van der Waals surface area contributed by atoms with Gasteiger partial charge in [-0.05, 0) is 47.4 Å². The number of aromatic nitrogens is 2. The first-order valence-electron chi connectivity index (χ1n) is 13.2. The van der Waals surface area contributed by atoms with E-state index in [0.717, 1.165) is 17.5 Å². The van der Waals surface area contributed by atoms with E-state index in [1.807, 2.05) is 12.1 Å². The van der Waals surface area contributed by atoms with Gasteiger partial charge in [0.1, 0.15) is 5.76 Å². The predicted molar refractivity (Wildman–Crippen MR) is 151 cm³/mol. The minimum Gasteiger partial charge on any atom is -0.502 e. The summed E-state index contributed by atoms with van der Waals surface area (Å²) in [5.41, 5.74) is 3.38. The smallest absolute Gasteiger partial charge is 0.328 e. The normalized spacial score (nSPS) is 14.1. The molecule has 11 nitrogen and oxygen atoms in total. The number of hydrogen-bond donors (Lipinski definition) is 1. The Hall–Kier alpha value is -4.51. The van der Waals surface area contributed by atoms with Crippen molar-refractivity contribution in [1.82, 2.24) is 14.0 Å². The maximum atomic E-state index is 12.9. The van der Waals surface area contributed by atoms with Crippen molar-refractivity contribution in [2.24, 2.45) is 14.1 Å². The fourth-order valence-corrected chi connectivity index (χ4v) is 5.52. The number of fused-ring (bicyclic) bond motifs is 2. The third kappa shape index (κ3) is 5.20. The van der Waals surface area contributed by atoms with Crippen LogP contribution in [0.5, 0.6) is 17.2 Å². The Morgan fingerprint density at radius 2 is 1.66 bits per heavy atom. The molecular formula is C30H33N3O8. The molecule has 0 bridgehead atoms. The highest BCUT2D eigenvalue weighted by Crippen LogP contribution is 2.36. The third-order valence-corrected chi connectivity index (χ3v) is 7.79. The average Bonchev–Trinajstić information content (AvgIpc) is 3.19. The molecule has 2 aromatic heterocycles. The zero-order valence-corrected chi connectivity index (χ0v) is 23.7. The van der Waals surface area contributed by atoms with Crippen LogP contribution in [0.15, 0.2) is 50.4 Å². The molecule has 4 aromatic rings. The quantitative estimate of drug-likeness (QED) is 0.322. The number of nitrogens with zero attached hydrogens (tertiary/aromatic N) is 3. The second kappa shape index (κ2) is 11.2. The Morgan fingerprint density at radius 1 is 0.976 bits per heavy atom. The van der Waals surface area contributed by atoms with Crippen LogP contribution in [-0.2, 0) is 43.1 Å². The first-order valence-corrected chi connectivity index (χ1v) is 13.2. The van der Waals surface area contributed by atoms with Crippen LogP contribution in [0.25, 0.3) is 11.0 Å². The predicted octanol–water partition coefficient (Wildman–Crippen LogP) is 2.81. The molecule has 1 N–H and O–H groups in total. The number of ether oxygens (including phenoxy) is 3. The Kier molecular flexibility index (Phi) is 7.63. The molecule has 0 spiro atoms. The molecule has 0 saturated carbocycles. The monoisotopic (exact) mass is 563 g/mol. The standard InChI is InChI=1S/C30H33N3O8/c1-31-22-7-6-18(10-23(22)32(2)30(31)37)21(14-27(35)40-5)29-28(36)24(34)13-20(41-29)16-33-9-8-17-11-25(38-3)26(39-4)12-19(17)15-33/h6-7,10-13,21,36H,8-9,14-16H2,1-5H3. The number of carbonyl (C=O) groups excluding carboxylic acids is 1. The maximum absolute atomic E-state index is 12.9. The second-order valence-corrected chi connectivity index (χ2v) is 10.2. The fraction of sp³-hybridized carbons (Fsp3) is 0.367. The van der Waals surface area contributed by atoms with E-state index < -0.39 is 23.1 Å². The van der Waals surface area contributed by atoms with Crippen LogP contribution >= 0.6 is 0 Å².